The number of ether oxygens (including phenoxy) is 1. The second-order valence-corrected chi connectivity index (χ2v) is 5.51. The quantitative estimate of drug-likeness (QED) is 0.437. The summed E-state index contributed by atoms with van der Waals surface area (Å²) < 4.78 is 5.17. The van der Waals surface area contributed by atoms with E-state index < -0.39 is 0 Å². The number of piperazine rings is 1. The summed E-state index contributed by atoms with van der Waals surface area (Å²) in [6, 6.07) is 7.95. The van der Waals surface area contributed by atoms with E-state index in [1.807, 2.05) is 29.2 Å². The molecule has 0 aliphatic carbocycles. The van der Waals surface area contributed by atoms with E-state index in [4.69, 9.17) is 9.73 Å². The first kappa shape index (κ1) is 20.5. The van der Waals surface area contributed by atoms with Crippen LogP contribution >= 0.6 is 24.0 Å². The number of carbonyl (C=O) groups excluding carboxylic acids is 1. The second-order valence-electron chi connectivity index (χ2n) is 5.51. The largest absolute Gasteiger partial charge is 0.497 e. The Kier molecular flexibility index (Phi) is 8.88. The maximum Gasteiger partial charge on any atom is 0.219 e. The molecule has 134 valence electrons. The van der Waals surface area contributed by atoms with Gasteiger partial charge in [0.25, 0.3) is 0 Å². The first-order chi connectivity index (χ1) is 11.1. The minimum atomic E-state index is 0. The lowest BCUT2D eigenvalue weighted by atomic mass is 10.2. The first-order valence-corrected chi connectivity index (χ1v) is 8.05. The smallest absolute Gasteiger partial charge is 0.219 e. The highest BCUT2D eigenvalue weighted by Crippen LogP contribution is 2.12. The maximum absolute atomic E-state index is 11.4. The zero-order valence-electron chi connectivity index (χ0n) is 14.6. The van der Waals surface area contributed by atoms with Gasteiger partial charge in [-0.15, -0.1) is 24.0 Å². The number of methoxy groups -OCH3 is 1. The van der Waals surface area contributed by atoms with Crippen molar-refractivity contribution >= 4 is 35.8 Å². The van der Waals surface area contributed by atoms with Crippen LogP contribution in [0.15, 0.2) is 29.3 Å². The number of hydrogen-bond acceptors (Lipinski definition) is 3. The molecule has 1 amide bonds. The van der Waals surface area contributed by atoms with Gasteiger partial charge in [-0.2, -0.15) is 0 Å². The highest BCUT2D eigenvalue weighted by atomic mass is 127. The van der Waals surface area contributed by atoms with Gasteiger partial charge in [0, 0.05) is 39.6 Å². The van der Waals surface area contributed by atoms with Crippen molar-refractivity contribution < 1.29 is 9.53 Å². The third-order valence-corrected chi connectivity index (χ3v) is 3.93. The average molecular weight is 446 g/mol. The molecular weight excluding hydrogens is 419 g/mol. The number of halogens is 1. The molecule has 6 nitrogen and oxygen atoms in total. The molecule has 0 atom stereocenters. The van der Waals surface area contributed by atoms with E-state index in [1.54, 1.807) is 14.0 Å². The maximum atomic E-state index is 11.4. The Morgan fingerprint density at radius 1 is 1.17 bits per heavy atom. The van der Waals surface area contributed by atoms with Gasteiger partial charge in [-0.25, -0.2) is 4.99 Å². The van der Waals surface area contributed by atoms with Crippen LogP contribution in [0.2, 0.25) is 0 Å². The number of aliphatic imine (C=N–C) groups is 1. The van der Waals surface area contributed by atoms with Crippen LogP contribution in [0.4, 0.5) is 0 Å². The summed E-state index contributed by atoms with van der Waals surface area (Å²) >= 11 is 0. The van der Waals surface area contributed by atoms with Crippen molar-refractivity contribution in [2.45, 2.75) is 20.4 Å². The van der Waals surface area contributed by atoms with Gasteiger partial charge in [-0.3, -0.25) is 4.79 Å². The Labute approximate surface area is 161 Å². The van der Waals surface area contributed by atoms with Crippen LogP contribution in [-0.2, 0) is 11.3 Å². The number of nitrogens with zero attached hydrogens (tertiary/aromatic N) is 3. The standard InChI is InChI=1S/C17H26N4O2.HI/c1-4-18-17(21-11-9-20(10-12-21)14(2)22)19-13-15-5-7-16(23-3)8-6-15;/h5-8H,4,9-13H2,1-3H3,(H,18,19);1H. The third-order valence-electron chi connectivity index (χ3n) is 3.93. The van der Waals surface area contributed by atoms with Crippen LogP contribution in [0, 0.1) is 0 Å². The normalized spacial score (nSPS) is 14.9. The van der Waals surface area contributed by atoms with Gasteiger partial charge in [0.1, 0.15) is 5.75 Å². The molecule has 0 saturated carbocycles. The lowest BCUT2D eigenvalue weighted by molar-refractivity contribution is -0.130. The molecule has 7 heteroatoms. The monoisotopic (exact) mass is 446 g/mol. The molecule has 1 aromatic carbocycles. The van der Waals surface area contributed by atoms with Crippen molar-refractivity contribution in [3.63, 3.8) is 0 Å². The van der Waals surface area contributed by atoms with E-state index in [1.165, 1.54) is 0 Å². The van der Waals surface area contributed by atoms with Crippen molar-refractivity contribution in [3.05, 3.63) is 29.8 Å². The predicted molar refractivity (Wildman–Crippen MR) is 107 cm³/mol. The minimum absolute atomic E-state index is 0. The molecule has 1 fully saturated rings. The number of guanidine groups is 1. The van der Waals surface area contributed by atoms with E-state index in [0.29, 0.717) is 6.54 Å². The Bertz CT molecular complexity index is 540. The van der Waals surface area contributed by atoms with E-state index >= 15 is 0 Å². The minimum Gasteiger partial charge on any atom is -0.497 e. The molecule has 1 saturated heterocycles. The van der Waals surface area contributed by atoms with Crippen molar-refractivity contribution in [2.75, 3.05) is 39.8 Å². The van der Waals surface area contributed by atoms with E-state index in [0.717, 1.165) is 50.0 Å². The zero-order chi connectivity index (χ0) is 16.7. The van der Waals surface area contributed by atoms with Gasteiger partial charge >= 0.3 is 0 Å². The number of rotatable bonds is 4. The summed E-state index contributed by atoms with van der Waals surface area (Å²) in [7, 11) is 1.66. The fourth-order valence-corrected chi connectivity index (χ4v) is 2.56. The molecule has 0 radical (unpaired) electrons. The Morgan fingerprint density at radius 2 is 1.75 bits per heavy atom. The first-order valence-electron chi connectivity index (χ1n) is 8.05. The SMILES string of the molecule is CCNC(=NCc1ccc(OC)cc1)N1CCN(C(C)=O)CC1.I. The Balaban J connectivity index is 0.00000288. The molecule has 0 spiro atoms. The van der Waals surface area contributed by atoms with Crippen LogP contribution in [-0.4, -0.2) is 61.5 Å². The van der Waals surface area contributed by atoms with Crippen molar-refractivity contribution in [3.8, 4) is 5.75 Å². The van der Waals surface area contributed by atoms with Crippen LogP contribution in [0.5, 0.6) is 5.75 Å². The molecule has 2 rings (SSSR count). The second kappa shape index (κ2) is 10.4. The van der Waals surface area contributed by atoms with Crippen molar-refractivity contribution in [2.24, 2.45) is 4.99 Å². The highest BCUT2D eigenvalue weighted by Gasteiger charge is 2.20. The zero-order valence-corrected chi connectivity index (χ0v) is 16.9. The number of nitrogens with one attached hydrogen (secondary N) is 1. The van der Waals surface area contributed by atoms with Crippen molar-refractivity contribution in [1.29, 1.82) is 0 Å². The summed E-state index contributed by atoms with van der Waals surface area (Å²) in [5.41, 5.74) is 1.14. The number of hydrogen-bond donors (Lipinski definition) is 1. The van der Waals surface area contributed by atoms with E-state index in [9.17, 15) is 4.79 Å². The van der Waals surface area contributed by atoms with Crippen LogP contribution < -0.4 is 10.1 Å². The third kappa shape index (κ3) is 5.85. The molecule has 1 aliphatic rings. The van der Waals surface area contributed by atoms with E-state index in [-0.39, 0.29) is 29.9 Å². The van der Waals surface area contributed by atoms with Gasteiger partial charge in [-0.05, 0) is 24.6 Å². The van der Waals surface area contributed by atoms with Crippen LogP contribution in [0.25, 0.3) is 0 Å². The number of benzene rings is 1. The number of amides is 1. The van der Waals surface area contributed by atoms with Gasteiger partial charge in [0.15, 0.2) is 5.96 Å². The molecule has 0 unspecified atom stereocenters. The van der Waals surface area contributed by atoms with Gasteiger partial charge in [-0.1, -0.05) is 12.1 Å². The lowest BCUT2D eigenvalue weighted by Gasteiger charge is -2.36. The summed E-state index contributed by atoms with van der Waals surface area (Å²) in [5.74, 6) is 1.90. The average Bonchev–Trinajstić information content (AvgIpc) is 2.59. The summed E-state index contributed by atoms with van der Waals surface area (Å²) in [6.45, 7) is 8.27. The van der Waals surface area contributed by atoms with E-state index in [2.05, 4.69) is 17.1 Å². The van der Waals surface area contributed by atoms with Gasteiger partial charge < -0.3 is 19.9 Å². The molecule has 0 aromatic heterocycles. The molecule has 1 heterocycles. The fourth-order valence-electron chi connectivity index (χ4n) is 2.56. The molecule has 24 heavy (non-hydrogen) atoms. The Hall–Kier alpha value is -1.51. The molecule has 1 aromatic rings. The topological polar surface area (TPSA) is 57.2 Å². The molecular formula is C17H27IN4O2. The summed E-state index contributed by atoms with van der Waals surface area (Å²) in [6.07, 6.45) is 0. The fraction of sp³-hybridized carbons (Fsp3) is 0.529. The van der Waals surface area contributed by atoms with Crippen molar-refractivity contribution in [1.82, 2.24) is 15.1 Å². The Morgan fingerprint density at radius 3 is 2.25 bits per heavy atom. The van der Waals surface area contributed by atoms with Crippen LogP contribution in [0.1, 0.15) is 19.4 Å². The molecule has 0 bridgehead atoms. The van der Waals surface area contributed by atoms with Crippen LogP contribution in [0.3, 0.4) is 0 Å². The summed E-state index contributed by atoms with van der Waals surface area (Å²) in [5, 5.41) is 3.34. The lowest BCUT2D eigenvalue weighted by Crippen LogP contribution is -2.53. The van der Waals surface area contributed by atoms with Gasteiger partial charge in [0.2, 0.25) is 5.91 Å². The van der Waals surface area contributed by atoms with Gasteiger partial charge in [0.05, 0.1) is 13.7 Å². The molecule has 1 N–H and O–H groups in total. The number of carbonyl (C=O) groups is 1. The predicted octanol–water partition coefficient (Wildman–Crippen LogP) is 1.94. The molecule has 1 aliphatic heterocycles. The highest BCUT2D eigenvalue weighted by molar-refractivity contribution is 14.0. The summed E-state index contributed by atoms with van der Waals surface area (Å²) in [4.78, 5) is 20.2.